The van der Waals surface area contributed by atoms with Crippen LogP contribution >= 0.6 is 0 Å². The summed E-state index contributed by atoms with van der Waals surface area (Å²) in [5, 5.41) is 12.2. The molecule has 0 unspecified atom stereocenters. The van der Waals surface area contributed by atoms with E-state index >= 15 is 0 Å². The van der Waals surface area contributed by atoms with Gasteiger partial charge in [-0.2, -0.15) is 5.26 Å². The minimum absolute atomic E-state index is 0.152. The predicted octanol–water partition coefficient (Wildman–Crippen LogP) is 4.46. The molecule has 0 heterocycles. The van der Waals surface area contributed by atoms with Crippen LogP contribution in [0.25, 0.3) is 0 Å². The van der Waals surface area contributed by atoms with Gasteiger partial charge in [-0.3, -0.25) is 9.59 Å². The molecule has 28 heavy (non-hydrogen) atoms. The predicted molar refractivity (Wildman–Crippen MR) is 102 cm³/mol. The van der Waals surface area contributed by atoms with Gasteiger partial charge in [-0.05, 0) is 48.7 Å². The Morgan fingerprint density at radius 3 is 2.39 bits per heavy atom. The fourth-order valence-electron chi connectivity index (χ4n) is 3.76. The maximum atomic E-state index is 13.4. The van der Waals surface area contributed by atoms with Crippen molar-refractivity contribution in [1.29, 1.82) is 5.26 Å². The second-order valence-electron chi connectivity index (χ2n) is 7.02. The van der Waals surface area contributed by atoms with Crippen LogP contribution in [0.5, 0.6) is 5.75 Å². The number of benzene rings is 2. The average molecular weight is 380 g/mol. The zero-order valence-corrected chi connectivity index (χ0v) is 15.6. The highest BCUT2D eigenvalue weighted by Crippen LogP contribution is 2.40. The number of amides is 1. The molecule has 0 spiro atoms. The Kier molecular flexibility index (Phi) is 5.74. The highest BCUT2D eigenvalue weighted by atomic mass is 19.1. The Morgan fingerprint density at radius 1 is 1.11 bits per heavy atom. The lowest BCUT2D eigenvalue weighted by molar-refractivity contribution is -0.132. The molecule has 1 fully saturated rings. The van der Waals surface area contributed by atoms with Gasteiger partial charge in [0.2, 0.25) is 5.91 Å². The molecule has 1 amide bonds. The van der Waals surface area contributed by atoms with Crippen LogP contribution in [0.15, 0.2) is 42.5 Å². The normalized spacial score (nSPS) is 15.3. The van der Waals surface area contributed by atoms with Crippen LogP contribution in [0.2, 0.25) is 0 Å². The first-order valence-electron chi connectivity index (χ1n) is 9.25. The first-order valence-corrected chi connectivity index (χ1v) is 9.25. The second-order valence-corrected chi connectivity index (χ2v) is 7.02. The van der Waals surface area contributed by atoms with E-state index in [2.05, 4.69) is 5.32 Å². The highest BCUT2D eigenvalue weighted by molar-refractivity contribution is 5.99. The number of carbonyl (C=O) groups excluding carboxylic acids is 2. The molecule has 1 aliphatic rings. The van der Waals surface area contributed by atoms with Crippen molar-refractivity contribution in [3.05, 3.63) is 59.4 Å². The highest BCUT2D eigenvalue weighted by Gasteiger charge is 2.41. The molecule has 5 nitrogen and oxygen atoms in total. The third kappa shape index (κ3) is 4.04. The first-order chi connectivity index (χ1) is 13.4. The lowest BCUT2D eigenvalue weighted by Crippen LogP contribution is -2.42. The van der Waals surface area contributed by atoms with Crippen molar-refractivity contribution in [1.82, 2.24) is 0 Å². The number of nitrogens with one attached hydrogen (secondary N) is 1. The quantitative estimate of drug-likeness (QED) is 0.627. The number of carbonyl (C=O) groups is 2. The van der Waals surface area contributed by atoms with Gasteiger partial charge in [0.05, 0.1) is 11.0 Å². The third-order valence-corrected chi connectivity index (χ3v) is 5.15. The van der Waals surface area contributed by atoms with E-state index in [0.29, 0.717) is 18.5 Å². The summed E-state index contributed by atoms with van der Waals surface area (Å²) in [6.45, 7) is 1.26. The van der Waals surface area contributed by atoms with Gasteiger partial charge in [-0.1, -0.05) is 31.4 Å². The molecule has 144 valence electrons. The third-order valence-electron chi connectivity index (χ3n) is 5.15. The Bertz CT molecular complexity index is 926. The van der Waals surface area contributed by atoms with Crippen LogP contribution in [0, 0.1) is 17.1 Å². The summed E-state index contributed by atoms with van der Waals surface area (Å²) in [5.41, 5.74) is 0.674. The summed E-state index contributed by atoms with van der Waals surface area (Å²) in [4.78, 5) is 24.4. The van der Waals surface area contributed by atoms with Crippen LogP contribution < -0.4 is 10.1 Å². The topological polar surface area (TPSA) is 79.2 Å². The summed E-state index contributed by atoms with van der Waals surface area (Å²) >= 11 is 0. The van der Waals surface area contributed by atoms with Gasteiger partial charge in [-0.25, -0.2) is 4.39 Å². The Hall–Kier alpha value is -3.20. The monoisotopic (exact) mass is 380 g/mol. The van der Waals surface area contributed by atoms with Gasteiger partial charge in [0.15, 0.2) is 0 Å². The molecule has 2 aromatic rings. The number of nitriles is 1. The van der Waals surface area contributed by atoms with E-state index < -0.39 is 11.4 Å². The molecular formula is C22H21FN2O3. The van der Waals surface area contributed by atoms with Gasteiger partial charge in [0, 0.05) is 12.6 Å². The molecule has 0 saturated heterocycles. The fraction of sp³-hybridized carbons (Fsp3) is 0.318. The summed E-state index contributed by atoms with van der Waals surface area (Å²) in [5.74, 6) is -0.887. The van der Waals surface area contributed by atoms with Crippen molar-refractivity contribution in [3.8, 4) is 11.8 Å². The van der Waals surface area contributed by atoms with Crippen LogP contribution in [0.4, 0.5) is 10.1 Å². The van der Waals surface area contributed by atoms with Gasteiger partial charge in [0.25, 0.3) is 0 Å². The molecule has 1 aliphatic carbocycles. The van der Waals surface area contributed by atoms with E-state index in [-0.39, 0.29) is 23.0 Å². The van der Waals surface area contributed by atoms with Crippen molar-refractivity contribution in [3.63, 3.8) is 0 Å². The lowest BCUT2D eigenvalue weighted by atomic mass is 9.68. The number of hydrogen-bond donors (Lipinski definition) is 1. The molecule has 2 aromatic carbocycles. The molecule has 0 atom stereocenters. The van der Waals surface area contributed by atoms with Gasteiger partial charge < -0.3 is 10.1 Å². The zero-order valence-electron chi connectivity index (χ0n) is 15.6. The largest absolute Gasteiger partial charge is 0.425 e. The van der Waals surface area contributed by atoms with Crippen LogP contribution in [-0.4, -0.2) is 11.9 Å². The summed E-state index contributed by atoms with van der Waals surface area (Å²) in [6.07, 6.45) is 4.26. The molecular weight excluding hydrogens is 359 g/mol. The summed E-state index contributed by atoms with van der Waals surface area (Å²) < 4.78 is 18.4. The second kappa shape index (κ2) is 8.22. The molecule has 0 radical (unpaired) electrons. The molecule has 0 bridgehead atoms. The smallest absolute Gasteiger partial charge is 0.308 e. The average Bonchev–Trinajstić information content (AvgIpc) is 2.69. The van der Waals surface area contributed by atoms with Crippen LogP contribution in [0.1, 0.15) is 50.2 Å². The Balaban J connectivity index is 1.89. The van der Waals surface area contributed by atoms with Crippen molar-refractivity contribution in [2.45, 2.75) is 44.4 Å². The van der Waals surface area contributed by atoms with Crippen molar-refractivity contribution < 1.29 is 18.7 Å². The minimum atomic E-state index is -0.729. The lowest BCUT2D eigenvalue weighted by Gasteiger charge is -2.36. The zero-order chi connectivity index (χ0) is 20.1. The van der Waals surface area contributed by atoms with Crippen molar-refractivity contribution in [2.75, 3.05) is 5.32 Å². The standard InChI is InChI=1S/C22H21FN2O3/c1-15(26)28-20-10-9-19(13-16(20)14-24)25-21(27)22(11-3-2-4-12-22)17-5-7-18(23)8-6-17/h5-10,13H,2-4,11-12H2,1H3,(H,25,27). The molecule has 1 saturated carbocycles. The number of nitrogens with zero attached hydrogens (tertiary/aromatic N) is 1. The number of hydrogen-bond acceptors (Lipinski definition) is 4. The van der Waals surface area contributed by atoms with Crippen LogP contribution in [-0.2, 0) is 15.0 Å². The van der Waals surface area contributed by atoms with E-state index in [0.717, 1.165) is 24.8 Å². The van der Waals surface area contributed by atoms with Gasteiger partial charge in [0.1, 0.15) is 17.6 Å². The van der Waals surface area contributed by atoms with Gasteiger partial charge >= 0.3 is 5.97 Å². The van der Waals surface area contributed by atoms with Gasteiger partial charge in [-0.15, -0.1) is 0 Å². The Morgan fingerprint density at radius 2 is 1.79 bits per heavy atom. The summed E-state index contributed by atoms with van der Waals surface area (Å²) in [7, 11) is 0. The van der Waals surface area contributed by atoms with E-state index in [1.807, 2.05) is 6.07 Å². The summed E-state index contributed by atoms with van der Waals surface area (Å²) in [6, 6.07) is 12.6. The Labute approximate surface area is 163 Å². The number of halogens is 1. The minimum Gasteiger partial charge on any atom is -0.425 e. The maximum absolute atomic E-state index is 13.4. The van der Waals surface area contributed by atoms with Crippen LogP contribution in [0.3, 0.4) is 0 Å². The van der Waals surface area contributed by atoms with E-state index in [9.17, 15) is 19.2 Å². The molecule has 0 aliphatic heterocycles. The SMILES string of the molecule is CC(=O)Oc1ccc(NC(=O)C2(c3ccc(F)cc3)CCCCC2)cc1C#N. The van der Waals surface area contributed by atoms with Crippen molar-refractivity contribution >= 4 is 17.6 Å². The first kappa shape index (κ1) is 19.6. The van der Waals surface area contributed by atoms with E-state index in [4.69, 9.17) is 4.74 Å². The molecule has 6 heteroatoms. The number of ether oxygens (including phenoxy) is 1. The number of rotatable bonds is 4. The molecule has 0 aromatic heterocycles. The molecule has 3 rings (SSSR count). The van der Waals surface area contributed by atoms with Crippen molar-refractivity contribution in [2.24, 2.45) is 0 Å². The number of esters is 1. The maximum Gasteiger partial charge on any atom is 0.308 e. The van der Waals surface area contributed by atoms with E-state index in [1.54, 1.807) is 18.2 Å². The van der Waals surface area contributed by atoms with E-state index in [1.165, 1.54) is 31.2 Å². The molecule has 1 N–H and O–H groups in total. The fourth-order valence-corrected chi connectivity index (χ4v) is 3.76. The number of anilines is 1.